The second-order valence-electron chi connectivity index (χ2n) is 7.34. The molecular formula is C24H21N3O3S. The van der Waals surface area contributed by atoms with Crippen molar-refractivity contribution >= 4 is 27.5 Å². The predicted octanol–water partition coefficient (Wildman–Crippen LogP) is 5.20. The highest BCUT2D eigenvalue weighted by Crippen LogP contribution is 2.37. The minimum Gasteiger partial charge on any atom is -0.481 e. The van der Waals surface area contributed by atoms with Crippen molar-refractivity contribution in [1.82, 2.24) is 15.3 Å². The summed E-state index contributed by atoms with van der Waals surface area (Å²) in [4.78, 5) is 22.8. The van der Waals surface area contributed by atoms with Crippen molar-refractivity contribution in [3.05, 3.63) is 67.0 Å². The van der Waals surface area contributed by atoms with Crippen molar-refractivity contribution in [2.75, 3.05) is 6.54 Å². The molecule has 1 amide bonds. The number of amides is 1. The molecule has 2 aromatic carbocycles. The summed E-state index contributed by atoms with van der Waals surface area (Å²) in [5.41, 5.74) is 1.14. The lowest BCUT2D eigenvalue weighted by Crippen LogP contribution is -2.36. The molecule has 1 atom stereocenters. The van der Waals surface area contributed by atoms with Crippen LogP contribution in [0.25, 0.3) is 20.7 Å². The maximum absolute atomic E-state index is 12.1. The first-order valence-corrected chi connectivity index (χ1v) is 11.1. The zero-order valence-corrected chi connectivity index (χ0v) is 17.6. The second-order valence-corrected chi connectivity index (χ2v) is 8.37. The molecule has 0 aliphatic carbocycles. The lowest BCUT2D eigenvalue weighted by atomic mass is 10.2. The van der Waals surface area contributed by atoms with Gasteiger partial charge in [-0.05, 0) is 55.2 Å². The van der Waals surface area contributed by atoms with Crippen LogP contribution >= 0.6 is 11.3 Å². The first-order valence-electron chi connectivity index (χ1n) is 10.3. The Morgan fingerprint density at radius 2 is 1.77 bits per heavy atom. The number of carbonyl (C=O) groups excluding carboxylic acids is 1. The zero-order chi connectivity index (χ0) is 21.0. The third-order valence-corrected chi connectivity index (χ3v) is 6.24. The highest BCUT2D eigenvalue weighted by Gasteiger charge is 2.22. The number of hydrogen-bond donors (Lipinski definition) is 1. The number of carbonyl (C=O) groups is 1. The predicted molar refractivity (Wildman–Crippen MR) is 121 cm³/mol. The molecule has 0 radical (unpaired) electrons. The molecule has 1 N–H and O–H groups in total. The third kappa shape index (κ3) is 4.36. The van der Waals surface area contributed by atoms with Crippen molar-refractivity contribution in [2.45, 2.75) is 25.4 Å². The Bertz CT molecular complexity index is 1190. The van der Waals surface area contributed by atoms with Gasteiger partial charge >= 0.3 is 0 Å². The normalized spacial score (nSPS) is 16.5. The summed E-state index contributed by atoms with van der Waals surface area (Å²) in [5, 5.41) is 3.76. The molecular weight excluding hydrogens is 410 g/mol. The average Bonchev–Trinajstić information content (AvgIpc) is 3.15. The highest BCUT2D eigenvalue weighted by atomic mass is 32.1. The summed E-state index contributed by atoms with van der Waals surface area (Å²) in [7, 11) is 0. The molecule has 1 saturated heterocycles. The molecule has 7 heteroatoms. The molecule has 1 aliphatic heterocycles. The Kier molecular flexibility index (Phi) is 5.50. The van der Waals surface area contributed by atoms with Gasteiger partial charge in [0.1, 0.15) is 22.7 Å². The lowest BCUT2D eigenvalue weighted by molar-refractivity contribution is -0.127. The van der Waals surface area contributed by atoms with E-state index in [-0.39, 0.29) is 5.91 Å². The van der Waals surface area contributed by atoms with Crippen LogP contribution in [0.3, 0.4) is 0 Å². The minimum atomic E-state index is -0.446. The summed E-state index contributed by atoms with van der Waals surface area (Å²) in [6.07, 6.45) is 3.76. The van der Waals surface area contributed by atoms with Crippen LogP contribution in [0.15, 0.2) is 67.0 Å². The summed E-state index contributed by atoms with van der Waals surface area (Å²) in [6, 6.07) is 19.5. The number of fused-ring (bicyclic) bond motifs is 1. The van der Waals surface area contributed by atoms with Crippen molar-refractivity contribution < 1.29 is 14.3 Å². The second kappa shape index (κ2) is 8.73. The molecule has 31 heavy (non-hydrogen) atoms. The van der Waals surface area contributed by atoms with Crippen LogP contribution in [-0.2, 0) is 4.79 Å². The van der Waals surface area contributed by atoms with Crippen LogP contribution in [0, 0.1) is 0 Å². The monoisotopic (exact) mass is 431 g/mol. The first kappa shape index (κ1) is 19.5. The zero-order valence-electron chi connectivity index (χ0n) is 16.8. The van der Waals surface area contributed by atoms with Gasteiger partial charge in [0.2, 0.25) is 5.88 Å². The molecule has 1 aliphatic rings. The SMILES string of the molecule is O=C1NCCCC[C@@H]1Oc1ccc(Oc2ncnc3sc(-c4ccccc4)cc23)cc1. The van der Waals surface area contributed by atoms with Crippen molar-refractivity contribution in [1.29, 1.82) is 0 Å². The third-order valence-electron chi connectivity index (χ3n) is 5.15. The van der Waals surface area contributed by atoms with Crippen molar-refractivity contribution in [3.63, 3.8) is 0 Å². The number of benzene rings is 2. The van der Waals surface area contributed by atoms with E-state index >= 15 is 0 Å². The number of nitrogens with one attached hydrogen (secondary N) is 1. The standard InChI is InChI=1S/C24H21N3O3S/c28-22-20(8-4-5-13-25-22)29-17-9-11-18(12-10-17)30-23-19-14-21(16-6-2-1-3-7-16)31-24(19)27-15-26-23/h1-3,6-7,9-12,14-15,20H,4-5,8,13H2,(H,25,28)/t20-/m0/s1. The number of rotatable bonds is 5. The molecule has 156 valence electrons. The van der Waals surface area contributed by atoms with E-state index in [2.05, 4.69) is 33.5 Å². The van der Waals surface area contributed by atoms with Gasteiger partial charge in [-0.1, -0.05) is 30.3 Å². The van der Waals surface area contributed by atoms with Gasteiger partial charge < -0.3 is 14.8 Å². The minimum absolute atomic E-state index is 0.0483. The highest BCUT2D eigenvalue weighted by molar-refractivity contribution is 7.21. The fraction of sp³-hybridized carbons (Fsp3) is 0.208. The van der Waals surface area contributed by atoms with Gasteiger partial charge in [0.05, 0.1) is 5.39 Å². The fourth-order valence-corrected chi connectivity index (χ4v) is 4.54. The van der Waals surface area contributed by atoms with Gasteiger partial charge in [-0.25, -0.2) is 9.97 Å². The van der Waals surface area contributed by atoms with E-state index in [1.54, 1.807) is 11.3 Å². The summed E-state index contributed by atoms with van der Waals surface area (Å²) in [5.74, 6) is 1.75. The van der Waals surface area contributed by atoms with Gasteiger partial charge in [-0.15, -0.1) is 11.3 Å². The van der Waals surface area contributed by atoms with E-state index in [1.807, 2.05) is 42.5 Å². The smallest absolute Gasteiger partial charge is 0.261 e. The van der Waals surface area contributed by atoms with Gasteiger partial charge in [0, 0.05) is 11.4 Å². The van der Waals surface area contributed by atoms with Crippen LogP contribution in [0.2, 0.25) is 0 Å². The molecule has 2 aromatic heterocycles. The summed E-state index contributed by atoms with van der Waals surface area (Å²) in [6.45, 7) is 0.716. The molecule has 5 rings (SSSR count). The van der Waals surface area contributed by atoms with E-state index in [1.165, 1.54) is 6.33 Å². The number of aromatic nitrogens is 2. The maximum atomic E-state index is 12.1. The van der Waals surface area contributed by atoms with Gasteiger partial charge in [-0.2, -0.15) is 0 Å². The number of nitrogens with zero attached hydrogens (tertiary/aromatic N) is 2. The van der Waals surface area contributed by atoms with E-state index in [0.29, 0.717) is 23.9 Å². The van der Waals surface area contributed by atoms with Crippen molar-refractivity contribution in [2.24, 2.45) is 0 Å². The van der Waals surface area contributed by atoms with Crippen LogP contribution in [0.1, 0.15) is 19.3 Å². The van der Waals surface area contributed by atoms with Gasteiger partial charge in [0.15, 0.2) is 6.10 Å². The van der Waals surface area contributed by atoms with Gasteiger partial charge in [-0.3, -0.25) is 4.79 Å². The Labute approximate surface area is 183 Å². The van der Waals surface area contributed by atoms with Crippen LogP contribution < -0.4 is 14.8 Å². The molecule has 0 saturated carbocycles. The number of thiophene rings is 1. The molecule has 1 fully saturated rings. The van der Waals surface area contributed by atoms with Crippen molar-refractivity contribution in [3.8, 4) is 27.8 Å². The number of ether oxygens (including phenoxy) is 2. The number of hydrogen-bond acceptors (Lipinski definition) is 6. The molecule has 6 nitrogen and oxygen atoms in total. The van der Waals surface area contributed by atoms with Crippen LogP contribution in [0.5, 0.6) is 17.4 Å². The van der Waals surface area contributed by atoms with Crippen LogP contribution in [0.4, 0.5) is 0 Å². The maximum Gasteiger partial charge on any atom is 0.261 e. The summed E-state index contributed by atoms with van der Waals surface area (Å²) < 4.78 is 11.9. The molecule has 0 unspecified atom stereocenters. The molecule has 0 spiro atoms. The van der Waals surface area contributed by atoms with E-state index in [0.717, 1.165) is 39.9 Å². The lowest BCUT2D eigenvalue weighted by Gasteiger charge is -2.16. The molecule has 4 aromatic rings. The van der Waals surface area contributed by atoms with E-state index in [4.69, 9.17) is 9.47 Å². The Balaban J connectivity index is 1.34. The largest absolute Gasteiger partial charge is 0.481 e. The Hall–Kier alpha value is -3.45. The fourth-order valence-electron chi connectivity index (χ4n) is 3.55. The average molecular weight is 432 g/mol. The molecule has 3 heterocycles. The molecule has 0 bridgehead atoms. The van der Waals surface area contributed by atoms with Crippen LogP contribution in [-0.4, -0.2) is 28.5 Å². The Morgan fingerprint density at radius 3 is 2.61 bits per heavy atom. The topological polar surface area (TPSA) is 73.3 Å². The van der Waals surface area contributed by atoms with E-state index < -0.39 is 6.10 Å². The summed E-state index contributed by atoms with van der Waals surface area (Å²) >= 11 is 1.61. The van der Waals surface area contributed by atoms with Gasteiger partial charge in [0.25, 0.3) is 5.91 Å². The Morgan fingerprint density at radius 1 is 0.968 bits per heavy atom. The van der Waals surface area contributed by atoms with E-state index in [9.17, 15) is 4.79 Å². The first-order chi connectivity index (χ1) is 15.3. The quantitative estimate of drug-likeness (QED) is 0.470.